The van der Waals surface area contributed by atoms with Gasteiger partial charge in [0.25, 0.3) is 0 Å². The molecule has 0 rings (SSSR count). The van der Waals surface area contributed by atoms with Gasteiger partial charge in [-0.1, -0.05) is 11.8 Å². The van der Waals surface area contributed by atoms with Crippen LogP contribution in [-0.2, 0) is 0 Å². The zero-order valence-corrected chi connectivity index (χ0v) is 6.47. The normalized spacial score (nSPS) is 10.0. The molecule has 0 nitrogen and oxygen atoms in total. The van der Waals surface area contributed by atoms with Crippen molar-refractivity contribution < 1.29 is 0 Å². The van der Waals surface area contributed by atoms with E-state index >= 15 is 0 Å². The first-order valence-corrected chi connectivity index (χ1v) is 3.22. The standard InChI is InChI=1S/C6H8Cl2/c1-6(2,8)4-3-5-7/h5H2,1-2H3. The lowest BCUT2D eigenvalue weighted by molar-refractivity contribution is 0.917. The van der Waals surface area contributed by atoms with Crippen molar-refractivity contribution in [3.05, 3.63) is 0 Å². The third-order valence-electron chi connectivity index (χ3n) is 0.452. The molecule has 0 aliphatic heterocycles. The summed E-state index contributed by atoms with van der Waals surface area (Å²) < 4.78 is 0. The predicted octanol–water partition coefficient (Wildman–Crippen LogP) is 2.25. The predicted molar refractivity (Wildman–Crippen MR) is 38.4 cm³/mol. The molecule has 0 aromatic rings. The Bertz CT molecular complexity index is 111. The molecular weight excluding hydrogens is 143 g/mol. The summed E-state index contributed by atoms with van der Waals surface area (Å²) in [6.07, 6.45) is 0. The molecule has 46 valence electrons. The van der Waals surface area contributed by atoms with Crippen molar-refractivity contribution in [2.75, 3.05) is 5.88 Å². The molecule has 0 bridgehead atoms. The summed E-state index contributed by atoms with van der Waals surface area (Å²) in [5.41, 5.74) is 0. The van der Waals surface area contributed by atoms with Gasteiger partial charge in [-0.2, -0.15) is 0 Å². The van der Waals surface area contributed by atoms with Crippen LogP contribution in [0.5, 0.6) is 0 Å². The molecule has 0 atom stereocenters. The molecule has 0 aliphatic rings. The van der Waals surface area contributed by atoms with Gasteiger partial charge in [-0.15, -0.1) is 23.2 Å². The highest BCUT2D eigenvalue weighted by Gasteiger charge is 2.05. The number of hydrogen-bond donors (Lipinski definition) is 0. The molecule has 0 aromatic carbocycles. The number of rotatable bonds is 0. The molecule has 0 spiro atoms. The average molecular weight is 151 g/mol. The highest BCUT2D eigenvalue weighted by molar-refractivity contribution is 6.25. The summed E-state index contributed by atoms with van der Waals surface area (Å²) in [6, 6.07) is 0. The molecule has 0 fully saturated rings. The number of alkyl halides is 2. The van der Waals surface area contributed by atoms with Crippen LogP contribution >= 0.6 is 23.2 Å². The summed E-state index contributed by atoms with van der Waals surface area (Å²) in [6.45, 7) is 3.65. The smallest absolute Gasteiger partial charge is 0.0993 e. The van der Waals surface area contributed by atoms with Gasteiger partial charge in [0.15, 0.2) is 0 Å². The Kier molecular flexibility index (Phi) is 3.28. The molecule has 0 heterocycles. The monoisotopic (exact) mass is 150 g/mol. The fourth-order valence-electron chi connectivity index (χ4n) is 0.244. The molecule has 8 heavy (non-hydrogen) atoms. The fourth-order valence-corrected chi connectivity index (χ4v) is 0.377. The Balaban J connectivity index is 3.69. The van der Waals surface area contributed by atoms with Crippen LogP contribution in [0.25, 0.3) is 0 Å². The van der Waals surface area contributed by atoms with Crippen LogP contribution in [0.4, 0.5) is 0 Å². The van der Waals surface area contributed by atoms with E-state index in [9.17, 15) is 0 Å². The topological polar surface area (TPSA) is 0 Å². The highest BCUT2D eigenvalue weighted by Crippen LogP contribution is 2.09. The summed E-state index contributed by atoms with van der Waals surface area (Å²) in [4.78, 5) is -0.422. The summed E-state index contributed by atoms with van der Waals surface area (Å²) in [5.74, 6) is 5.78. The van der Waals surface area contributed by atoms with Crippen LogP contribution in [0.2, 0.25) is 0 Å². The molecule has 0 aromatic heterocycles. The molecule has 0 aliphatic carbocycles. The Morgan fingerprint density at radius 3 is 2.12 bits per heavy atom. The second kappa shape index (κ2) is 3.22. The van der Waals surface area contributed by atoms with Gasteiger partial charge in [0.05, 0.1) is 10.8 Å². The van der Waals surface area contributed by atoms with Gasteiger partial charge in [0.1, 0.15) is 0 Å². The summed E-state index contributed by atoms with van der Waals surface area (Å²) >= 11 is 11.0. The third-order valence-corrected chi connectivity index (χ3v) is 0.681. The molecule has 0 saturated heterocycles. The van der Waals surface area contributed by atoms with E-state index in [1.807, 2.05) is 13.8 Å². The van der Waals surface area contributed by atoms with Crippen LogP contribution in [0.15, 0.2) is 0 Å². The molecule has 0 radical (unpaired) electrons. The SMILES string of the molecule is CC(C)(Cl)C#CCCl. The van der Waals surface area contributed by atoms with Crippen LogP contribution in [0.1, 0.15) is 13.8 Å². The molecule has 0 amide bonds. The second-order valence-corrected chi connectivity index (χ2v) is 3.12. The minimum absolute atomic E-state index is 0.357. The van der Waals surface area contributed by atoms with Crippen molar-refractivity contribution in [2.24, 2.45) is 0 Å². The Morgan fingerprint density at radius 1 is 1.50 bits per heavy atom. The largest absolute Gasteiger partial charge is 0.113 e. The quantitative estimate of drug-likeness (QED) is 0.368. The van der Waals surface area contributed by atoms with E-state index in [-0.39, 0.29) is 0 Å². The maximum absolute atomic E-state index is 5.68. The van der Waals surface area contributed by atoms with Crippen molar-refractivity contribution in [3.8, 4) is 11.8 Å². The van der Waals surface area contributed by atoms with E-state index in [1.165, 1.54) is 0 Å². The van der Waals surface area contributed by atoms with Crippen LogP contribution in [0.3, 0.4) is 0 Å². The Morgan fingerprint density at radius 2 is 2.00 bits per heavy atom. The molecular formula is C6H8Cl2. The molecule has 0 N–H and O–H groups in total. The van der Waals surface area contributed by atoms with Gasteiger partial charge in [-0.25, -0.2) is 0 Å². The number of hydrogen-bond acceptors (Lipinski definition) is 0. The maximum Gasteiger partial charge on any atom is 0.0993 e. The highest BCUT2D eigenvalue weighted by atomic mass is 35.5. The maximum atomic E-state index is 5.68. The first kappa shape index (κ1) is 8.14. The third kappa shape index (κ3) is 6.14. The number of halogens is 2. The van der Waals surface area contributed by atoms with Gasteiger partial charge < -0.3 is 0 Å². The van der Waals surface area contributed by atoms with E-state index in [0.29, 0.717) is 5.88 Å². The van der Waals surface area contributed by atoms with E-state index in [0.717, 1.165) is 0 Å². The average Bonchev–Trinajstić information content (AvgIpc) is 1.59. The van der Waals surface area contributed by atoms with Crippen LogP contribution in [-0.4, -0.2) is 10.8 Å². The zero-order chi connectivity index (χ0) is 6.62. The first-order valence-electron chi connectivity index (χ1n) is 2.31. The van der Waals surface area contributed by atoms with E-state index in [2.05, 4.69) is 11.8 Å². The van der Waals surface area contributed by atoms with Crippen LogP contribution < -0.4 is 0 Å². The van der Waals surface area contributed by atoms with E-state index in [1.54, 1.807) is 0 Å². The lowest BCUT2D eigenvalue weighted by Crippen LogP contribution is -2.04. The minimum Gasteiger partial charge on any atom is -0.113 e. The zero-order valence-electron chi connectivity index (χ0n) is 4.96. The Hall–Kier alpha value is 0.140. The van der Waals surface area contributed by atoms with Crippen molar-refractivity contribution in [2.45, 2.75) is 18.7 Å². The van der Waals surface area contributed by atoms with Gasteiger partial charge in [-0.3, -0.25) is 0 Å². The van der Waals surface area contributed by atoms with E-state index in [4.69, 9.17) is 23.2 Å². The van der Waals surface area contributed by atoms with Crippen LogP contribution in [0, 0.1) is 11.8 Å². The lowest BCUT2D eigenvalue weighted by Gasteiger charge is -2.02. The molecule has 0 unspecified atom stereocenters. The molecule has 2 heteroatoms. The fraction of sp³-hybridized carbons (Fsp3) is 0.667. The first-order chi connectivity index (χ1) is 3.56. The summed E-state index contributed by atoms with van der Waals surface area (Å²) in [7, 11) is 0. The summed E-state index contributed by atoms with van der Waals surface area (Å²) in [5, 5.41) is 0. The van der Waals surface area contributed by atoms with Gasteiger partial charge in [0.2, 0.25) is 0 Å². The molecule has 0 saturated carbocycles. The van der Waals surface area contributed by atoms with Gasteiger partial charge in [-0.05, 0) is 13.8 Å². The van der Waals surface area contributed by atoms with E-state index < -0.39 is 4.87 Å². The lowest BCUT2D eigenvalue weighted by atomic mass is 10.2. The van der Waals surface area contributed by atoms with Crippen molar-refractivity contribution in [1.82, 2.24) is 0 Å². The minimum atomic E-state index is -0.422. The van der Waals surface area contributed by atoms with Gasteiger partial charge >= 0.3 is 0 Å². The van der Waals surface area contributed by atoms with Crippen molar-refractivity contribution in [1.29, 1.82) is 0 Å². The van der Waals surface area contributed by atoms with Gasteiger partial charge in [0, 0.05) is 0 Å². The van der Waals surface area contributed by atoms with Crippen molar-refractivity contribution in [3.63, 3.8) is 0 Å². The van der Waals surface area contributed by atoms with Crippen molar-refractivity contribution >= 4 is 23.2 Å². The Labute approximate surface area is 60.2 Å². The second-order valence-electron chi connectivity index (χ2n) is 1.91.